The summed E-state index contributed by atoms with van der Waals surface area (Å²) in [5, 5.41) is 5.66. The molecular weight excluding hydrogens is 206 g/mol. The van der Waals surface area contributed by atoms with Crippen LogP contribution in [0.3, 0.4) is 0 Å². The lowest BCUT2D eigenvalue weighted by Gasteiger charge is -1.94. The molecule has 2 aromatic rings. The van der Waals surface area contributed by atoms with E-state index in [1.54, 1.807) is 11.3 Å². The molecule has 3 nitrogen and oxygen atoms in total. The van der Waals surface area contributed by atoms with Crippen LogP contribution < -0.4 is 0 Å². The molecule has 2 heterocycles. The van der Waals surface area contributed by atoms with Crippen molar-refractivity contribution >= 4 is 11.3 Å². The van der Waals surface area contributed by atoms with Crippen molar-refractivity contribution in [2.24, 2.45) is 7.05 Å². The van der Waals surface area contributed by atoms with Crippen molar-refractivity contribution in [2.45, 2.75) is 25.7 Å². The molecule has 0 spiro atoms. The van der Waals surface area contributed by atoms with Crippen molar-refractivity contribution in [3.8, 4) is 10.6 Å². The SMILES string of the molecule is Cc1cnc(-c2cn(C)nc2C2CC2)s1. The summed E-state index contributed by atoms with van der Waals surface area (Å²) in [5.41, 5.74) is 2.48. The van der Waals surface area contributed by atoms with Crippen LogP contribution in [0, 0.1) is 6.92 Å². The summed E-state index contributed by atoms with van der Waals surface area (Å²) in [7, 11) is 1.98. The molecule has 15 heavy (non-hydrogen) atoms. The second kappa shape index (κ2) is 3.17. The highest BCUT2D eigenvalue weighted by Gasteiger charge is 2.30. The zero-order chi connectivity index (χ0) is 10.4. The topological polar surface area (TPSA) is 30.7 Å². The molecule has 0 bridgehead atoms. The number of aromatic nitrogens is 3. The smallest absolute Gasteiger partial charge is 0.126 e. The van der Waals surface area contributed by atoms with E-state index < -0.39 is 0 Å². The summed E-state index contributed by atoms with van der Waals surface area (Å²) in [6, 6.07) is 0. The van der Waals surface area contributed by atoms with Crippen molar-refractivity contribution in [3.05, 3.63) is 23.0 Å². The van der Waals surface area contributed by atoms with Crippen molar-refractivity contribution in [2.75, 3.05) is 0 Å². The van der Waals surface area contributed by atoms with Gasteiger partial charge >= 0.3 is 0 Å². The van der Waals surface area contributed by atoms with E-state index in [0.29, 0.717) is 5.92 Å². The molecule has 0 aliphatic heterocycles. The molecule has 1 saturated carbocycles. The minimum Gasteiger partial charge on any atom is -0.275 e. The van der Waals surface area contributed by atoms with Gasteiger partial charge in [0.25, 0.3) is 0 Å². The van der Waals surface area contributed by atoms with Gasteiger partial charge in [-0.15, -0.1) is 11.3 Å². The summed E-state index contributed by atoms with van der Waals surface area (Å²) in [6.45, 7) is 2.09. The lowest BCUT2D eigenvalue weighted by molar-refractivity contribution is 0.744. The van der Waals surface area contributed by atoms with Gasteiger partial charge in [-0.2, -0.15) is 5.10 Å². The normalized spacial score (nSPS) is 15.9. The summed E-state index contributed by atoms with van der Waals surface area (Å²) in [4.78, 5) is 5.70. The summed E-state index contributed by atoms with van der Waals surface area (Å²) < 4.78 is 1.90. The van der Waals surface area contributed by atoms with Gasteiger partial charge in [0.15, 0.2) is 0 Å². The molecule has 1 aliphatic rings. The summed E-state index contributed by atoms with van der Waals surface area (Å²) in [6.07, 6.45) is 6.60. The number of aryl methyl sites for hydroxylation is 2. The third-order valence-electron chi connectivity index (χ3n) is 2.67. The average Bonchev–Trinajstić information content (AvgIpc) is 2.85. The molecule has 0 amide bonds. The quantitative estimate of drug-likeness (QED) is 0.777. The largest absolute Gasteiger partial charge is 0.275 e. The second-order valence-corrected chi connectivity index (χ2v) is 5.39. The first-order valence-electron chi connectivity index (χ1n) is 5.20. The molecule has 0 N–H and O–H groups in total. The maximum absolute atomic E-state index is 4.54. The predicted octanol–water partition coefficient (Wildman–Crippen LogP) is 2.73. The van der Waals surface area contributed by atoms with E-state index in [1.165, 1.54) is 29.0 Å². The molecule has 2 aromatic heterocycles. The van der Waals surface area contributed by atoms with Gasteiger partial charge in [-0.3, -0.25) is 4.68 Å². The molecule has 0 aromatic carbocycles. The van der Waals surface area contributed by atoms with E-state index in [-0.39, 0.29) is 0 Å². The van der Waals surface area contributed by atoms with E-state index in [4.69, 9.17) is 0 Å². The van der Waals surface area contributed by atoms with Gasteiger partial charge in [-0.25, -0.2) is 4.98 Å². The molecule has 78 valence electrons. The zero-order valence-electron chi connectivity index (χ0n) is 8.90. The van der Waals surface area contributed by atoms with Gasteiger partial charge in [0.05, 0.1) is 11.3 Å². The standard InChI is InChI=1S/C11H13N3S/c1-7-5-12-11(15-7)9-6-14(2)13-10(9)8-3-4-8/h5-6,8H,3-4H2,1-2H3. The van der Waals surface area contributed by atoms with E-state index in [1.807, 2.05) is 17.9 Å². The summed E-state index contributed by atoms with van der Waals surface area (Å²) in [5.74, 6) is 0.686. The Bertz CT molecular complexity index is 494. The highest BCUT2D eigenvalue weighted by Crippen LogP contribution is 2.43. The Labute approximate surface area is 92.8 Å². The average molecular weight is 219 g/mol. The highest BCUT2D eigenvalue weighted by atomic mass is 32.1. The number of hydrogen-bond acceptors (Lipinski definition) is 3. The van der Waals surface area contributed by atoms with Crippen LogP contribution >= 0.6 is 11.3 Å². The molecule has 0 unspecified atom stereocenters. The van der Waals surface area contributed by atoms with Crippen LogP contribution in [-0.4, -0.2) is 14.8 Å². The monoisotopic (exact) mass is 219 g/mol. The zero-order valence-corrected chi connectivity index (χ0v) is 9.71. The van der Waals surface area contributed by atoms with E-state index in [9.17, 15) is 0 Å². The predicted molar refractivity (Wildman–Crippen MR) is 61.0 cm³/mol. The van der Waals surface area contributed by atoms with Crippen LogP contribution in [0.25, 0.3) is 10.6 Å². The first-order chi connectivity index (χ1) is 7.24. The van der Waals surface area contributed by atoms with Crippen LogP contribution in [0.1, 0.15) is 29.3 Å². The van der Waals surface area contributed by atoms with Crippen LogP contribution in [-0.2, 0) is 7.05 Å². The molecule has 3 rings (SSSR count). The number of nitrogens with zero attached hydrogens (tertiary/aromatic N) is 3. The Morgan fingerprint density at radius 2 is 2.27 bits per heavy atom. The Morgan fingerprint density at radius 3 is 2.87 bits per heavy atom. The van der Waals surface area contributed by atoms with Crippen molar-refractivity contribution < 1.29 is 0 Å². The second-order valence-electron chi connectivity index (χ2n) is 4.15. The van der Waals surface area contributed by atoms with E-state index >= 15 is 0 Å². The van der Waals surface area contributed by atoms with Gasteiger partial charge in [0.2, 0.25) is 0 Å². The maximum Gasteiger partial charge on any atom is 0.126 e. The Kier molecular flexibility index (Phi) is 1.92. The van der Waals surface area contributed by atoms with Crippen LogP contribution in [0.5, 0.6) is 0 Å². The van der Waals surface area contributed by atoms with Crippen molar-refractivity contribution in [1.29, 1.82) is 0 Å². The van der Waals surface area contributed by atoms with Crippen LogP contribution in [0.2, 0.25) is 0 Å². The maximum atomic E-state index is 4.54. The fourth-order valence-electron chi connectivity index (χ4n) is 1.81. The van der Waals surface area contributed by atoms with Crippen LogP contribution in [0.15, 0.2) is 12.4 Å². The molecule has 1 fully saturated rings. The fourth-order valence-corrected chi connectivity index (χ4v) is 2.59. The molecule has 1 aliphatic carbocycles. The third-order valence-corrected chi connectivity index (χ3v) is 3.62. The number of rotatable bonds is 2. The summed E-state index contributed by atoms with van der Waals surface area (Å²) >= 11 is 1.75. The fraction of sp³-hybridized carbons (Fsp3) is 0.455. The minimum absolute atomic E-state index is 0.686. The van der Waals surface area contributed by atoms with E-state index in [2.05, 4.69) is 23.2 Å². The molecule has 0 saturated heterocycles. The molecule has 0 radical (unpaired) electrons. The lowest BCUT2D eigenvalue weighted by atomic mass is 10.2. The van der Waals surface area contributed by atoms with Gasteiger partial charge in [0.1, 0.15) is 5.01 Å². The van der Waals surface area contributed by atoms with Gasteiger partial charge in [0, 0.05) is 30.2 Å². The first-order valence-corrected chi connectivity index (χ1v) is 6.02. The van der Waals surface area contributed by atoms with Gasteiger partial charge < -0.3 is 0 Å². The first kappa shape index (κ1) is 9.09. The van der Waals surface area contributed by atoms with E-state index in [0.717, 1.165) is 5.01 Å². The molecular formula is C11H13N3S. The van der Waals surface area contributed by atoms with Crippen molar-refractivity contribution in [3.63, 3.8) is 0 Å². The highest BCUT2D eigenvalue weighted by molar-refractivity contribution is 7.14. The molecule has 4 heteroatoms. The van der Waals surface area contributed by atoms with Gasteiger partial charge in [-0.05, 0) is 19.8 Å². The Morgan fingerprint density at radius 1 is 1.47 bits per heavy atom. The Balaban J connectivity index is 2.09. The molecule has 0 atom stereocenters. The minimum atomic E-state index is 0.686. The van der Waals surface area contributed by atoms with Crippen LogP contribution in [0.4, 0.5) is 0 Å². The Hall–Kier alpha value is -1.16. The number of hydrogen-bond donors (Lipinski definition) is 0. The van der Waals surface area contributed by atoms with Crippen molar-refractivity contribution in [1.82, 2.24) is 14.8 Å². The number of thiazole rings is 1. The lowest BCUT2D eigenvalue weighted by Crippen LogP contribution is -1.89. The third kappa shape index (κ3) is 1.59. The van der Waals surface area contributed by atoms with Gasteiger partial charge in [-0.1, -0.05) is 0 Å².